The summed E-state index contributed by atoms with van der Waals surface area (Å²) in [5.74, 6) is -3.54. The summed E-state index contributed by atoms with van der Waals surface area (Å²) in [6.07, 6.45) is 4.97. The summed E-state index contributed by atoms with van der Waals surface area (Å²) in [5.41, 5.74) is -0.0639. The van der Waals surface area contributed by atoms with Crippen LogP contribution in [0, 0.1) is 11.6 Å². The van der Waals surface area contributed by atoms with Crippen molar-refractivity contribution in [2.75, 3.05) is 24.5 Å². The number of aromatic amines is 1. The fourth-order valence-electron chi connectivity index (χ4n) is 3.98. The van der Waals surface area contributed by atoms with Crippen molar-refractivity contribution in [3.8, 4) is 0 Å². The molecule has 0 unspecified atom stereocenters. The fraction of sp³-hybridized carbons (Fsp3) is 0.227. The maximum atomic E-state index is 15.3. The number of hydrogen-bond donors (Lipinski definition) is 3. The van der Waals surface area contributed by atoms with Crippen molar-refractivity contribution in [3.05, 3.63) is 71.2 Å². The van der Waals surface area contributed by atoms with E-state index in [0.717, 1.165) is 16.4 Å². The van der Waals surface area contributed by atoms with E-state index in [4.69, 9.17) is 0 Å². The molecule has 0 aliphatic carbocycles. The first-order chi connectivity index (χ1) is 16.7. The predicted molar refractivity (Wildman–Crippen MR) is 123 cm³/mol. The third-order valence-corrected chi connectivity index (χ3v) is 7.25. The Morgan fingerprint density at radius 2 is 2.09 bits per heavy atom. The van der Waals surface area contributed by atoms with E-state index in [2.05, 4.69) is 20.3 Å². The molecular weight excluding hydrogens is 485 g/mol. The average Bonchev–Trinajstić information content (AvgIpc) is 3.48. The number of carbonyl (C=O) groups excluding carboxylic acids is 1. The van der Waals surface area contributed by atoms with Crippen LogP contribution in [0.3, 0.4) is 0 Å². The number of ketones is 1. The first kappa shape index (κ1) is 23.1. The van der Waals surface area contributed by atoms with Crippen molar-refractivity contribution in [2.24, 2.45) is 4.99 Å². The van der Waals surface area contributed by atoms with Crippen molar-refractivity contribution in [3.63, 3.8) is 0 Å². The highest BCUT2D eigenvalue weighted by molar-refractivity contribution is 7.90. The number of H-pyrrole nitrogens is 1. The van der Waals surface area contributed by atoms with Crippen molar-refractivity contribution in [1.82, 2.24) is 19.6 Å². The van der Waals surface area contributed by atoms with Gasteiger partial charge in [-0.1, -0.05) is 0 Å². The molecule has 0 bridgehead atoms. The molecule has 0 radical (unpaired) electrons. The number of alkyl halides is 1. The highest BCUT2D eigenvalue weighted by atomic mass is 32.2. The topological polar surface area (TPSA) is 120 Å². The van der Waals surface area contributed by atoms with Gasteiger partial charge >= 0.3 is 10.2 Å². The minimum absolute atomic E-state index is 0.0197. The van der Waals surface area contributed by atoms with Crippen LogP contribution >= 0.6 is 0 Å². The highest BCUT2D eigenvalue weighted by Crippen LogP contribution is 2.29. The van der Waals surface area contributed by atoms with Gasteiger partial charge in [-0.25, -0.2) is 18.2 Å². The van der Waals surface area contributed by atoms with Gasteiger partial charge in [0, 0.05) is 42.0 Å². The van der Waals surface area contributed by atoms with Crippen LogP contribution in [0.2, 0.25) is 0 Å². The fourth-order valence-corrected chi connectivity index (χ4v) is 5.24. The number of anilines is 1. The van der Waals surface area contributed by atoms with E-state index in [9.17, 15) is 22.0 Å². The standard InChI is InChI=1S/C22H19F3N6O3S/c23-13-4-6-31(10-13)35(33,34)30-18-2-1-16(24)19(20(18)25)21(32)15-9-28-22-14(15)7-12(8-27-22)17-3-5-26-11-29-17/h1-3,5,7-9,13,26,30H,4,6,10-11H2,(H,27,28)/t13-/m1/s1. The van der Waals surface area contributed by atoms with Crippen LogP contribution in [0.5, 0.6) is 0 Å². The molecule has 2 aliphatic heterocycles. The van der Waals surface area contributed by atoms with Gasteiger partial charge in [0.25, 0.3) is 0 Å². The van der Waals surface area contributed by atoms with E-state index in [1.54, 1.807) is 24.5 Å². The van der Waals surface area contributed by atoms with E-state index in [0.29, 0.717) is 29.0 Å². The van der Waals surface area contributed by atoms with Crippen LogP contribution in [0.4, 0.5) is 18.9 Å². The number of halogens is 3. The van der Waals surface area contributed by atoms with Gasteiger partial charge in [0.15, 0.2) is 5.82 Å². The molecule has 0 spiro atoms. The zero-order chi connectivity index (χ0) is 24.7. The lowest BCUT2D eigenvalue weighted by atomic mass is 10.0. The maximum Gasteiger partial charge on any atom is 0.301 e. The number of aromatic nitrogens is 2. The number of nitrogens with zero attached hydrogens (tertiary/aromatic N) is 3. The van der Waals surface area contributed by atoms with Crippen molar-refractivity contribution < 1.29 is 26.4 Å². The van der Waals surface area contributed by atoms with E-state index < -0.39 is 45.0 Å². The molecule has 2 aromatic heterocycles. The summed E-state index contributed by atoms with van der Waals surface area (Å²) >= 11 is 0. The molecule has 1 aromatic carbocycles. The van der Waals surface area contributed by atoms with Crippen molar-refractivity contribution >= 4 is 38.4 Å². The van der Waals surface area contributed by atoms with Gasteiger partial charge in [-0.15, -0.1) is 0 Å². The molecule has 13 heteroatoms. The lowest BCUT2D eigenvalue weighted by Crippen LogP contribution is -2.34. The largest absolute Gasteiger partial charge is 0.372 e. The molecule has 35 heavy (non-hydrogen) atoms. The Labute approximate surface area is 197 Å². The van der Waals surface area contributed by atoms with Crippen LogP contribution in [-0.2, 0) is 10.2 Å². The second-order valence-electron chi connectivity index (χ2n) is 8.03. The first-order valence-corrected chi connectivity index (χ1v) is 12.0. The second-order valence-corrected chi connectivity index (χ2v) is 9.70. The number of aliphatic imine (C=N–C) groups is 1. The van der Waals surface area contributed by atoms with Crippen molar-refractivity contribution in [2.45, 2.75) is 12.6 Å². The number of nitrogens with one attached hydrogen (secondary N) is 3. The summed E-state index contributed by atoms with van der Waals surface area (Å²) < 4.78 is 71.3. The number of hydrogen-bond acceptors (Lipinski definition) is 6. The summed E-state index contributed by atoms with van der Waals surface area (Å²) in [6.45, 7) is -0.0806. The zero-order valence-electron chi connectivity index (χ0n) is 18.1. The molecule has 1 saturated heterocycles. The van der Waals surface area contributed by atoms with Gasteiger partial charge in [0.1, 0.15) is 24.3 Å². The second kappa shape index (κ2) is 8.82. The van der Waals surface area contributed by atoms with Crippen LogP contribution in [-0.4, -0.2) is 60.1 Å². The molecule has 3 N–H and O–H groups in total. The Balaban J connectivity index is 1.51. The average molecular weight is 504 g/mol. The monoisotopic (exact) mass is 504 g/mol. The summed E-state index contributed by atoms with van der Waals surface area (Å²) in [7, 11) is -4.30. The summed E-state index contributed by atoms with van der Waals surface area (Å²) in [4.78, 5) is 24.6. The molecule has 3 aromatic rings. The lowest BCUT2D eigenvalue weighted by molar-refractivity contribution is 0.103. The molecule has 9 nitrogen and oxygen atoms in total. The number of rotatable bonds is 6. The van der Waals surface area contributed by atoms with Crippen LogP contribution in [0.15, 0.2) is 47.9 Å². The maximum absolute atomic E-state index is 15.3. The number of allylic oxidation sites excluding steroid dienone is 1. The Morgan fingerprint density at radius 3 is 2.80 bits per heavy atom. The smallest absolute Gasteiger partial charge is 0.301 e. The van der Waals surface area contributed by atoms with E-state index in [1.807, 2.05) is 4.72 Å². The molecule has 2 aliphatic rings. The predicted octanol–water partition coefficient (Wildman–Crippen LogP) is 2.64. The highest BCUT2D eigenvalue weighted by Gasteiger charge is 2.33. The third kappa shape index (κ3) is 4.28. The van der Waals surface area contributed by atoms with E-state index >= 15 is 4.39 Å². The van der Waals surface area contributed by atoms with Gasteiger partial charge < -0.3 is 10.3 Å². The Hall–Kier alpha value is -3.71. The Morgan fingerprint density at radius 1 is 1.26 bits per heavy atom. The molecular formula is C22H19F3N6O3S. The van der Waals surface area contributed by atoms with Gasteiger partial charge in [0.2, 0.25) is 5.78 Å². The normalized spacial score (nSPS) is 18.5. The van der Waals surface area contributed by atoms with Crippen LogP contribution in [0.25, 0.3) is 11.0 Å². The number of fused-ring (bicyclic) bond motifs is 1. The van der Waals surface area contributed by atoms with Crippen molar-refractivity contribution in [1.29, 1.82) is 0 Å². The van der Waals surface area contributed by atoms with Gasteiger partial charge in [-0.2, -0.15) is 12.7 Å². The van der Waals surface area contributed by atoms with Gasteiger partial charge in [-0.3, -0.25) is 14.5 Å². The van der Waals surface area contributed by atoms with E-state index in [-0.39, 0.29) is 25.1 Å². The van der Waals surface area contributed by atoms with E-state index in [1.165, 1.54) is 6.20 Å². The SMILES string of the molecule is O=C(c1c(F)ccc(NS(=O)(=O)N2CC[C@@H](F)C2)c1F)c1c[nH]c2ncc(C3=NCNC=C3)cc12. The summed E-state index contributed by atoms with van der Waals surface area (Å²) in [6, 6.07) is 3.30. The Bertz CT molecular complexity index is 1500. The molecule has 4 heterocycles. The number of carbonyl (C=O) groups is 1. The van der Waals surface area contributed by atoms with Crippen LogP contribution in [0.1, 0.15) is 27.9 Å². The minimum Gasteiger partial charge on any atom is -0.372 e. The zero-order valence-corrected chi connectivity index (χ0v) is 18.9. The Kier molecular flexibility index (Phi) is 5.81. The number of benzene rings is 1. The summed E-state index contributed by atoms with van der Waals surface area (Å²) in [5, 5.41) is 3.24. The first-order valence-electron chi connectivity index (χ1n) is 10.6. The number of pyridine rings is 1. The molecule has 1 atom stereocenters. The molecule has 0 saturated carbocycles. The third-order valence-electron chi connectivity index (χ3n) is 5.76. The molecule has 182 valence electrons. The van der Waals surface area contributed by atoms with Gasteiger partial charge in [-0.05, 0) is 36.9 Å². The quantitative estimate of drug-likeness (QED) is 0.446. The molecule has 1 fully saturated rings. The molecule has 0 amide bonds. The van der Waals surface area contributed by atoms with Gasteiger partial charge in [0.05, 0.1) is 17.0 Å². The lowest BCUT2D eigenvalue weighted by Gasteiger charge is -2.18. The minimum atomic E-state index is -4.30. The van der Waals surface area contributed by atoms with Crippen LogP contribution < -0.4 is 10.0 Å². The molecule has 5 rings (SSSR count).